The van der Waals surface area contributed by atoms with Crippen molar-refractivity contribution in [2.75, 3.05) is 12.4 Å². The van der Waals surface area contributed by atoms with Gasteiger partial charge in [0, 0.05) is 11.8 Å². The Morgan fingerprint density at radius 1 is 1.43 bits per heavy atom. The fraction of sp³-hybridized carbons (Fsp3) is 0.588. The van der Waals surface area contributed by atoms with E-state index in [4.69, 9.17) is 10.5 Å². The van der Waals surface area contributed by atoms with E-state index in [1.165, 1.54) is 12.8 Å². The molecule has 0 bridgehead atoms. The number of rotatable bonds is 5. The molecule has 0 radical (unpaired) electrons. The number of primary amides is 1. The van der Waals surface area contributed by atoms with Crippen LogP contribution in [0.15, 0.2) is 24.3 Å². The first-order valence-corrected chi connectivity index (χ1v) is 7.82. The van der Waals surface area contributed by atoms with Crippen molar-refractivity contribution < 1.29 is 9.53 Å². The molecule has 0 spiro atoms. The molecule has 1 saturated carbocycles. The van der Waals surface area contributed by atoms with E-state index in [0.717, 1.165) is 37.1 Å². The number of hydrogen-bond acceptors (Lipinski definition) is 3. The zero-order valence-corrected chi connectivity index (χ0v) is 13.0. The zero-order chi connectivity index (χ0) is 15.3. The summed E-state index contributed by atoms with van der Waals surface area (Å²) in [5.41, 5.74) is 6.01. The zero-order valence-electron chi connectivity index (χ0n) is 13.0. The second-order valence-electron chi connectivity index (χ2n) is 6.01. The van der Waals surface area contributed by atoms with Gasteiger partial charge in [0.15, 0.2) is 0 Å². The molecule has 0 aromatic heterocycles. The molecular formula is C17H26N2O2. The van der Waals surface area contributed by atoms with Crippen LogP contribution in [0.25, 0.3) is 0 Å². The van der Waals surface area contributed by atoms with Crippen LogP contribution >= 0.6 is 0 Å². The van der Waals surface area contributed by atoms with Crippen LogP contribution in [0, 0.1) is 5.92 Å². The molecule has 0 saturated heterocycles. The standard InChI is InChI=1S/C17H26N2O2/c1-3-13-6-5-10-17(11-9-13,16(18)20)19-14-7-4-8-15(12-14)21-2/h4,7-8,12-13,19H,3,5-6,9-11H2,1-2H3,(H2,18,20). The molecule has 0 heterocycles. The minimum atomic E-state index is -0.629. The third-order valence-corrected chi connectivity index (χ3v) is 4.70. The van der Waals surface area contributed by atoms with E-state index in [9.17, 15) is 4.79 Å². The quantitative estimate of drug-likeness (QED) is 0.818. The van der Waals surface area contributed by atoms with Crippen LogP contribution in [0.4, 0.5) is 5.69 Å². The monoisotopic (exact) mass is 290 g/mol. The average Bonchev–Trinajstić information content (AvgIpc) is 2.70. The highest BCUT2D eigenvalue weighted by Gasteiger charge is 2.38. The number of nitrogens with one attached hydrogen (secondary N) is 1. The van der Waals surface area contributed by atoms with Gasteiger partial charge in [0.05, 0.1) is 7.11 Å². The molecule has 0 aliphatic heterocycles. The molecule has 1 amide bonds. The third-order valence-electron chi connectivity index (χ3n) is 4.70. The summed E-state index contributed by atoms with van der Waals surface area (Å²) in [5, 5.41) is 3.40. The van der Waals surface area contributed by atoms with Crippen molar-refractivity contribution in [3.63, 3.8) is 0 Å². The van der Waals surface area contributed by atoms with Crippen molar-refractivity contribution in [2.45, 2.75) is 51.0 Å². The lowest BCUT2D eigenvalue weighted by Gasteiger charge is -2.32. The summed E-state index contributed by atoms with van der Waals surface area (Å²) in [7, 11) is 1.64. The van der Waals surface area contributed by atoms with Crippen molar-refractivity contribution in [2.24, 2.45) is 11.7 Å². The Balaban J connectivity index is 2.19. The number of benzene rings is 1. The molecule has 4 nitrogen and oxygen atoms in total. The number of carbonyl (C=O) groups excluding carboxylic acids is 1. The topological polar surface area (TPSA) is 64.3 Å². The maximum atomic E-state index is 12.1. The molecule has 4 heteroatoms. The van der Waals surface area contributed by atoms with Crippen molar-refractivity contribution in [3.05, 3.63) is 24.3 Å². The molecule has 1 aromatic rings. The van der Waals surface area contributed by atoms with E-state index in [0.29, 0.717) is 5.92 Å². The summed E-state index contributed by atoms with van der Waals surface area (Å²) in [5.74, 6) is 1.24. The van der Waals surface area contributed by atoms with Gasteiger partial charge in [0.25, 0.3) is 0 Å². The largest absolute Gasteiger partial charge is 0.497 e. The molecule has 2 atom stereocenters. The van der Waals surface area contributed by atoms with Crippen molar-refractivity contribution in [1.29, 1.82) is 0 Å². The minimum Gasteiger partial charge on any atom is -0.497 e. The molecule has 1 fully saturated rings. The first-order chi connectivity index (χ1) is 10.1. The molecule has 2 rings (SSSR count). The average molecular weight is 290 g/mol. The van der Waals surface area contributed by atoms with E-state index >= 15 is 0 Å². The molecule has 3 N–H and O–H groups in total. The highest BCUT2D eigenvalue weighted by Crippen LogP contribution is 2.34. The Morgan fingerprint density at radius 3 is 2.90 bits per heavy atom. The van der Waals surface area contributed by atoms with Gasteiger partial charge in [-0.05, 0) is 37.3 Å². The number of methoxy groups -OCH3 is 1. The first-order valence-electron chi connectivity index (χ1n) is 7.82. The number of ether oxygens (including phenoxy) is 1. The van der Waals surface area contributed by atoms with E-state index in [-0.39, 0.29) is 5.91 Å². The highest BCUT2D eigenvalue weighted by atomic mass is 16.5. The Labute approximate surface area is 127 Å². The van der Waals surface area contributed by atoms with Crippen molar-refractivity contribution >= 4 is 11.6 Å². The van der Waals surface area contributed by atoms with Gasteiger partial charge in [-0.25, -0.2) is 0 Å². The summed E-state index contributed by atoms with van der Waals surface area (Å²) >= 11 is 0. The summed E-state index contributed by atoms with van der Waals surface area (Å²) in [6.45, 7) is 2.22. The van der Waals surface area contributed by atoms with Gasteiger partial charge in [0.2, 0.25) is 5.91 Å². The first kappa shape index (κ1) is 15.7. The number of carbonyl (C=O) groups is 1. The van der Waals surface area contributed by atoms with Crippen LogP contribution < -0.4 is 15.8 Å². The second kappa shape index (κ2) is 6.83. The van der Waals surface area contributed by atoms with Gasteiger partial charge >= 0.3 is 0 Å². The third kappa shape index (κ3) is 3.69. The lowest BCUT2D eigenvalue weighted by Crippen LogP contribution is -2.50. The van der Waals surface area contributed by atoms with Crippen molar-refractivity contribution in [1.82, 2.24) is 0 Å². The summed E-state index contributed by atoms with van der Waals surface area (Å²) in [4.78, 5) is 12.1. The molecule has 2 unspecified atom stereocenters. The Kier molecular flexibility index (Phi) is 5.10. The van der Waals surface area contributed by atoms with Crippen LogP contribution in [-0.2, 0) is 4.79 Å². The van der Waals surface area contributed by atoms with E-state index in [2.05, 4.69) is 12.2 Å². The predicted octanol–water partition coefficient (Wildman–Crippen LogP) is 3.32. The lowest BCUT2D eigenvalue weighted by molar-refractivity contribution is -0.122. The number of hydrogen-bond donors (Lipinski definition) is 2. The van der Waals surface area contributed by atoms with Gasteiger partial charge in [-0.15, -0.1) is 0 Å². The maximum absolute atomic E-state index is 12.1. The second-order valence-corrected chi connectivity index (χ2v) is 6.01. The van der Waals surface area contributed by atoms with E-state index in [1.807, 2.05) is 24.3 Å². The molecule has 1 aliphatic carbocycles. The van der Waals surface area contributed by atoms with Crippen molar-refractivity contribution in [3.8, 4) is 5.75 Å². The molecule has 21 heavy (non-hydrogen) atoms. The van der Waals surface area contributed by atoms with E-state index in [1.54, 1.807) is 7.11 Å². The Bertz CT molecular complexity index is 489. The van der Waals surface area contributed by atoms with Crippen LogP contribution in [0.2, 0.25) is 0 Å². The number of nitrogens with two attached hydrogens (primary N) is 1. The molecule has 1 aliphatic rings. The summed E-state index contributed by atoms with van der Waals surface area (Å²) in [6, 6.07) is 7.67. The summed E-state index contributed by atoms with van der Waals surface area (Å²) in [6.07, 6.45) is 6.06. The molecule has 116 valence electrons. The smallest absolute Gasteiger partial charge is 0.243 e. The van der Waals surface area contributed by atoms with Gasteiger partial charge < -0.3 is 15.8 Å². The Hall–Kier alpha value is -1.71. The fourth-order valence-electron chi connectivity index (χ4n) is 3.23. The summed E-state index contributed by atoms with van der Waals surface area (Å²) < 4.78 is 5.24. The lowest BCUT2D eigenvalue weighted by atomic mass is 9.88. The minimum absolute atomic E-state index is 0.248. The normalized spacial score (nSPS) is 25.9. The van der Waals surface area contributed by atoms with Crippen LogP contribution in [-0.4, -0.2) is 18.6 Å². The van der Waals surface area contributed by atoms with Gasteiger partial charge in [-0.2, -0.15) is 0 Å². The Morgan fingerprint density at radius 2 is 2.24 bits per heavy atom. The molecule has 1 aromatic carbocycles. The van der Waals surface area contributed by atoms with Gasteiger partial charge in [-0.3, -0.25) is 4.79 Å². The number of anilines is 1. The predicted molar refractivity (Wildman–Crippen MR) is 85.4 cm³/mol. The number of amides is 1. The fourth-order valence-corrected chi connectivity index (χ4v) is 3.23. The highest BCUT2D eigenvalue weighted by molar-refractivity contribution is 5.88. The van der Waals surface area contributed by atoms with Crippen LogP contribution in [0.1, 0.15) is 45.4 Å². The van der Waals surface area contributed by atoms with Crippen LogP contribution in [0.5, 0.6) is 5.75 Å². The van der Waals surface area contributed by atoms with E-state index < -0.39 is 5.54 Å². The molecular weight excluding hydrogens is 264 g/mol. The van der Waals surface area contributed by atoms with Gasteiger partial charge in [0.1, 0.15) is 11.3 Å². The van der Waals surface area contributed by atoms with Gasteiger partial charge in [-0.1, -0.05) is 32.3 Å². The SMILES string of the molecule is CCC1CCCC(Nc2cccc(OC)c2)(C(N)=O)CC1. The maximum Gasteiger partial charge on any atom is 0.243 e. The van der Waals surface area contributed by atoms with Crippen LogP contribution in [0.3, 0.4) is 0 Å².